The monoisotopic (exact) mass is 270 g/mol. The standard InChI is InChI=1S/C15H15FN4/c1-11(15-14(16)3-2-6-17-15)18-10-12-5-8-20-13(9-12)4-7-19-20/h2-9,11,18H,10H2,1H3. The molecule has 0 aliphatic rings. The summed E-state index contributed by atoms with van der Waals surface area (Å²) in [5.74, 6) is -0.279. The third-order valence-corrected chi connectivity index (χ3v) is 3.27. The van der Waals surface area contributed by atoms with Crippen molar-refractivity contribution in [1.29, 1.82) is 0 Å². The molecule has 3 rings (SSSR count). The minimum Gasteiger partial charge on any atom is -0.305 e. The summed E-state index contributed by atoms with van der Waals surface area (Å²) in [4.78, 5) is 4.08. The molecule has 0 fully saturated rings. The Bertz CT molecular complexity index is 722. The van der Waals surface area contributed by atoms with Crippen molar-refractivity contribution in [2.75, 3.05) is 0 Å². The van der Waals surface area contributed by atoms with Crippen LogP contribution in [0.25, 0.3) is 5.52 Å². The molecule has 20 heavy (non-hydrogen) atoms. The number of nitrogens with zero attached hydrogens (tertiary/aromatic N) is 3. The van der Waals surface area contributed by atoms with E-state index in [9.17, 15) is 4.39 Å². The van der Waals surface area contributed by atoms with Crippen molar-refractivity contribution < 1.29 is 4.39 Å². The molecule has 5 heteroatoms. The van der Waals surface area contributed by atoms with E-state index >= 15 is 0 Å². The maximum absolute atomic E-state index is 13.6. The minimum absolute atomic E-state index is 0.141. The van der Waals surface area contributed by atoms with Crippen LogP contribution < -0.4 is 5.32 Å². The zero-order valence-electron chi connectivity index (χ0n) is 11.1. The van der Waals surface area contributed by atoms with E-state index in [2.05, 4.69) is 21.5 Å². The Hall–Kier alpha value is -2.27. The Morgan fingerprint density at radius 3 is 3.05 bits per heavy atom. The van der Waals surface area contributed by atoms with Crippen LogP contribution in [-0.4, -0.2) is 14.6 Å². The normalized spacial score (nSPS) is 12.7. The molecule has 0 aliphatic carbocycles. The highest BCUT2D eigenvalue weighted by Crippen LogP contribution is 2.14. The third-order valence-electron chi connectivity index (χ3n) is 3.27. The molecule has 3 aromatic heterocycles. The largest absolute Gasteiger partial charge is 0.305 e. The van der Waals surface area contributed by atoms with Crippen LogP contribution in [0, 0.1) is 5.82 Å². The Morgan fingerprint density at radius 2 is 2.20 bits per heavy atom. The SMILES string of the molecule is CC(NCc1ccn2nccc2c1)c1ncccc1F. The summed E-state index contributed by atoms with van der Waals surface area (Å²) in [5, 5.41) is 7.43. The molecule has 0 aromatic carbocycles. The Morgan fingerprint density at radius 1 is 1.30 bits per heavy atom. The maximum Gasteiger partial charge on any atom is 0.146 e. The summed E-state index contributed by atoms with van der Waals surface area (Å²) in [6.45, 7) is 2.56. The van der Waals surface area contributed by atoms with Crippen molar-refractivity contribution in [3.63, 3.8) is 0 Å². The second kappa shape index (κ2) is 5.38. The molecule has 0 spiro atoms. The van der Waals surface area contributed by atoms with Crippen LogP contribution in [0.2, 0.25) is 0 Å². The molecule has 1 unspecified atom stereocenters. The molecule has 0 saturated heterocycles. The predicted octanol–water partition coefficient (Wildman–Crippen LogP) is 2.72. The van der Waals surface area contributed by atoms with Gasteiger partial charge >= 0.3 is 0 Å². The first-order chi connectivity index (χ1) is 9.74. The first kappa shape index (κ1) is 12.7. The van der Waals surface area contributed by atoms with Gasteiger partial charge in [-0.1, -0.05) is 0 Å². The van der Waals surface area contributed by atoms with E-state index in [1.54, 1.807) is 18.5 Å². The lowest BCUT2D eigenvalue weighted by Crippen LogP contribution is -2.20. The third kappa shape index (κ3) is 2.53. The lowest BCUT2D eigenvalue weighted by molar-refractivity contribution is 0.512. The van der Waals surface area contributed by atoms with Crippen molar-refractivity contribution in [2.24, 2.45) is 0 Å². The van der Waals surface area contributed by atoms with Crippen molar-refractivity contribution >= 4 is 5.52 Å². The fourth-order valence-electron chi connectivity index (χ4n) is 2.16. The van der Waals surface area contributed by atoms with Gasteiger partial charge in [-0.2, -0.15) is 5.10 Å². The number of hydrogen-bond acceptors (Lipinski definition) is 3. The molecule has 3 aromatic rings. The molecule has 1 atom stereocenters. The fourth-order valence-corrected chi connectivity index (χ4v) is 2.16. The zero-order valence-corrected chi connectivity index (χ0v) is 11.1. The maximum atomic E-state index is 13.6. The molecule has 1 N–H and O–H groups in total. The Kier molecular flexibility index (Phi) is 3.43. The van der Waals surface area contributed by atoms with Crippen molar-refractivity contribution in [3.8, 4) is 0 Å². The van der Waals surface area contributed by atoms with Gasteiger partial charge in [-0.3, -0.25) is 4.98 Å². The first-order valence-corrected chi connectivity index (χ1v) is 6.50. The zero-order chi connectivity index (χ0) is 13.9. The molecular formula is C15H15FN4. The van der Waals surface area contributed by atoms with Crippen LogP contribution in [0.15, 0.2) is 48.9 Å². The van der Waals surface area contributed by atoms with Gasteiger partial charge in [-0.15, -0.1) is 0 Å². The van der Waals surface area contributed by atoms with Gasteiger partial charge in [0.15, 0.2) is 0 Å². The van der Waals surface area contributed by atoms with Gasteiger partial charge in [0.25, 0.3) is 0 Å². The van der Waals surface area contributed by atoms with Gasteiger partial charge in [0.1, 0.15) is 5.82 Å². The van der Waals surface area contributed by atoms with Gasteiger partial charge in [0, 0.05) is 31.2 Å². The van der Waals surface area contributed by atoms with E-state index in [-0.39, 0.29) is 11.9 Å². The second-order valence-corrected chi connectivity index (χ2v) is 4.71. The number of nitrogens with one attached hydrogen (secondary N) is 1. The van der Waals surface area contributed by atoms with Crippen LogP contribution in [0.5, 0.6) is 0 Å². The van der Waals surface area contributed by atoms with E-state index in [1.807, 2.05) is 29.8 Å². The highest BCUT2D eigenvalue weighted by atomic mass is 19.1. The highest BCUT2D eigenvalue weighted by molar-refractivity contribution is 5.47. The van der Waals surface area contributed by atoms with E-state index in [1.165, 1.54) is 6.07 Å². The van der Waals surface area contributed by atoms with Crippen molar-refractivity contribution in [3.05, 3.63) is 66.0 Å². The van der Waals surface area contributed by atoms with Crippen LogP contribution in [0.3, 0.4) is 0 Å². The average Bonchev–Trinajstić information content (AvgIpc) is 2.92. The van der Waals surface area contributed by atoms with E-state index in [0.717, 1.165) is 11.1 Å². The van der Waals surface area contributed by atoms with Crippen LogP contribution in [0.4, 0.5) is 4.39 Å². The van der Waals surface area contributed by atoms with E-state index < -0.39 is 0 Å². The first-order valence-electron chi connectivity index (χ1n) is 6.50. The number of fused-ring (bicyclic) bond motifs is 1. The lowest BCUT2D eigenvalue weighted by Gasteiger charge is -2.14. The minimum atomic E-state index is -0.279. The molecule has 0 saturated carbocycles. The summed E-state index contributed by atoms with van der Waals surface area (Å²) in [5.41, 5.74) is 2.61. The lowest BCUT2D eigenvalue weighted by atomic mass is 10.2. The number of hydrogen-bond donors (Lipinski definition) is 1. The van der Waals surface area contributed by atoms with Gasteiger partial charge in [0.2, 0.25) is 0 Å². The summed E-state index contributed by atoms with van der Waals surface area (Å²) in [7, 11) is 0. The number of aromatic nitrogens is 3. The van der Waals surface area contributed by atoms with Gasteiger partial charge in [-0.05, 0) is 42.8 Å². The molecular weight excluding hydrogens is 255 g/mol. The van der Waals surface area contributed by atoms with Crippen LogP contribution in [-0.2, 0) is 6.54 Å². The molecule has 0 aliphatic heterocycles. The van der Waals surface area contributed by atoms with Crippen LogP contribution >= 0.6 is 0 Å². The van der Waals surface area contributed by atoms with Gasteiger partial charge < -0.3 is 5.32 Å². The van der Waals surface area contributed by atoms with E-state index in [0.29, 0.717) is 12.2 Å². The van der Waals surface area contributed by atoms with Crippen molar-refractivity contribution in [2.45, 2.75) is 19.5 Å². The molecule has 0 amide bonds. The summed E-state index contributed by atoms with van der Waals surface area (Å²) < 4.78 is 15.4. The number of rotatable bonds is 4. The Labute approximate surface area is 116 Å². The molecule has 0 radical (unpaired) electrons. The number of pyridine rings is 2. The molecule has 102 valence electrons. The molecule has 0 bridgehead atoms. The Balaban J connectivity index is 1.71. The predicted molar refractivity (Wildman–Crippen MR) is 74.6 cm³/mol. The molecule has 3 heterocycles. The van der Waals surface area contributed by atoms with E-state index in [4.69, 9.17) is 0 Å². The van der Waals surface area contributed by atoms with Gasteiger partial charge in [-0.25, -0.2) is 8.91 Å². The number of halogens is 1. The summed E-state index contributed by atoms with van der Waals surface area (Å²) in [6, 6.07) is 8.89. The van der Waals surface area contributed by atoms with Crippen LogP contribution in [0.1, 0.15) is 24.2 Å². The molecule has 4 nitrogen and oxygen atoms in total. The van der Waals surface area contributed by atoms with Crippen molar-refractivity contribution in [1.82, 2.24) is 19.9 Å². The topological polar surface area (TPSA) is 42.2 Å². The average molecular weight is 270 g/mol. The highest BCUT2D eigenvalue weighted by Gasteiger charge is 2.11. The fraction of sp³-hybridized carbons (Fsp3) is 0.200. The second-order valence-electron chi connectivity index (χ2n) is 4.71. The van der Waals surface area contributed by atoms with Gasteiger partial charge in [0.05, 0.1) is 11.2 Å². The summed E-state index contributed by atoms with van der Waals surface area (Å²) in [6.07, 6.45) is 5.28. The quantitative estimate of drug-likeness (QED) is 0.792. The summed E-state index contributed by atoms with van der Waals surface area (Å²) >= 11 is 0. The smallest absolute Gasteiger partial charge is 0.146 e.